The van der Waals surface area contributed by atoms with E-state index in [2.05, 4.69) is 10.6 Å². The van der Waals surface area contributed by atoms with E-state index >= 15 is 0 Å². The molecule has 0 aliphatic carbocycles. The number of aliphatic carboxylic acids is 2. The van der Waals surface area contributed by atoms with Crippen LogP contribution in [0.4, 0.5) is 11.4 Å². The van der Waals surface area contributed by atoms with Crippen LogP contribution < -0.4 is 16.4 Å². The Morgan fingerprint density at radius 2 is 1.78 bits per heavy atom. The number of nitro benzene ring substituents is 2. The van der Waals surface area contributed by atoms with Gasteiger partial charge in [0.05, 0.1) is 20.8 Å². The van der Waals surface area contributed by atoms with E-state index in [1.807, 2.05) is 0 Å². The van der Waals surface area contributed by atoms with E-state index in [1.54, 1.807) is 0 Å². The predicted molar refractivity (Wildman–Crippen MR) is 108 cm³/mol. The second-order valence-electron chi connectivity index (χ2n) is 6.19. The molecule has 0 saturated heterocycles. The zero-order valence-electron chi connectivity index (χ0n) is 16.3. The molecule has 1 aromatic carbocycles. The molecule has 0 aliphatic rings. The molecular formula is C16H19N5O10S. The van der Waals surface area contributed by atoms with Crippen molar-refractivity contribution < 1.29 is 39.2 Å². The van der Waals surface area contributed by atoms with Crippen molar-refractivity contribution in [2.24, 2.45) is 5.73 Å². The van der Waals surface area contributed by atoms with Gasteiger partial charge in [0, 0.05) is 18.2 Å². The summed E-state index contributed by atoms with van der Waals surface area (Å²) in [6.07, 6.45) is -0.579. The van der Waals surface area contributed by atoms with E-state index in [-0.39, 0.29) is 23.5 Å². The van der Waals surface area contributed by atoms with E-state index in [0.717, 1.165) is 30.0 Å². The fourth-order valence-corrected chi connectivity index (χ4v) is 3.23. The Morgan fingerprint density at radius 3 is 2.31 bits per heavy atom. The lowest BCUT2D eigenvalue weighted by Gasteiger charge is -2.18. The maximum atomic E-state index is 12.3. The second kappa shape index (κ2) is 12.2. The molecule has 0 aliphatic heterocycles. The van der Waals surface area contributed by atoms with Gasteiger partial charge < -0.3 is 26.6 Å². The van der Waals surface area contributed by atoms with Crippen LogP contribution >= 0.6 is 11.8 Å². The molecule has 0 fully saturated rings. The minimum atomic E-state index is -1.35. The average molecular weight is 473 g/mol. The van der Waals surface area contributed by atoms with Crippen LogP contribution in [0.2, 0.25) is 0 Å². The zero-order valence-corrected chi connectivity index (χ0v) is 17.1. The molecule has 2 amide bonds. The number of carboxylic acid groups (broad SMARTS) is 2. The molecule has 0 unspecified atom stereocenters. The van der Waals surface area contributed by atoms with Crippen LogP contribution in [0.3, 0.4) is 0 Å². The lowest BCUT2D eigenvalue weighted by molar-refractivity contribution is -0.396. The van der Waals surface area contributed by atoms with Gasteiger partial charge in [-0.3, -0.25) is 39.4 Å². The first-order valence-corrected chi connectivity index (χ1v) is 9.73. The molecule has 2 atom stereocenters. The van der Waals surface area contributed by atoms with Gasteiger partial charge in [0.2, 0.25) is 11.8 Å². The summed E-state index contributed by atoms with van der Waals surface area (Å²) in [4.78, 5) is 66.1. The van der Waals surface area contributed by atoms with Crippen LogP contribution in [0.1, 0.15) is 12.8 Å². The summed E-state index contributed by atoms with van der Waals surface area (Å²) in [5.41, 5.74) is 4.21. The number of thioether (sulfide) groups is 1. The highest BCUT2D eigenvalue weighted by Crippen LogP contribution is 2.32. The minimum absolute atomic E-state index is 0.0289. The van der Waals surface area contributed by atoms with Gasteiger partial charge in [0.15, 0.2) is 0 Å². The largest absolute Gasteiger partial charge is 0.480 e. The number of hydrogen-bond donors (Lipinski definition) is 5. The highest BCUT2D eigenvalue weighted by molar-refractivity contribution is 7.99. The maximum absolute atomic E-state index is 12.3. The first-order chi connectivity index (χ1) is 14.9. The molecule has 6 N–H and O–H groups in total. The van der Waals surface area contributed by atoms with Crippen molar-refractivity contribution in [1.82, 2.24) is 10.6 Å². The lowest BCUT2D eigenvalue weighted by atomic mass is 10.1. The molecular weight excluding hydrogens is 454 g/mol. The van der Waals surface area contributed by atoms with Crippen molar-refractivity contribution in [2.75, 3.05) is 12.3 Å². The Kier molecular flexibility index (Phi) is 9.97. The van der Waals surface area contributed by atoms with E-state index < -0.39 is 63.6 Å². The van der Waals surface area contributed by atoms with Crippen molar-refractivity contribution in [2.45, 2.75) is 29.8 Å². The fourth-order valence-electron chi connectivity index (χ4n) is 2.20. The van der Waals surface area contributed by atoms with Crippen LogP contribution in [0.5, 0.6) is 0 Å². The molecule has 1 rings (SSSR count). The van der Waals surface area contributed by atoms with Gasteiger partial charge in [0.1, 0.15) is 18.6 Å². The second-order valence-corrected chi connectivity index (χ2v) is 7.25. The Balaban J connectivity index is 2.96. The molecule has 174 valence electrons. The van der Waals surface area contributed by atoms with Gasteiger partial charge in [-0.15, -0.1) is 11.8 Å². The maximum Gasteiger partial charge on any atom is 0.322 e. The number of hydrogen-bond acceptors (Lipinski definition) is 10. The number of amides is 2. The average Bonchev–Trinajstić information content (AvgIpc) is 2.72. The predicted octanol–water partition coefficient (Wildman–Crippen LogP) is -0.527. The Labute approximate surface area is 183 Å². The minimum Gasteiger partial charge on any atom is -0.480 e. The van der Waals surface area contributed by atoms with Gasteiger partial charge >= 0.3 is 11.9 Å². The molecule has 0 radical (unpaired) electrons. The van der Waals surface area contributed by atoms with Crippen LogP contribution in [0.25, 0.3) is 0 Å². The number of carboxylic acids is 2. The molecule has 16 heteroatoms. The normalized spacial score (nSPS) is 12.3. The molecule has 1 aromatic rings. The Hall–Kier alpha value is -3.79. The number of non-ortho nitro benzene ring substituents is 1. The summed E-state index contributed by atoms with van der Waals surface area (Å²) in [5, 5.41) is 43.8. The highest BCUT2D eigenvalue weighted by Gasteiger charge is 2.25. The topological polar surface area (TPSA) is 245 Å². The molecule has 0 aromatic heterocycles. The Bertz CT molecular complexity index is 924. The number of rotatable bonds is 13. The lowest BCUT2D eigenvalue weighted by Crippen LogP contribution is -2.49. The van der Waals surface area contributed by atoms with Crippen LogP contribution in [-0.2, 0) is 19.2 Å². The van der Waals surface area contributed by atoms with Gasteiger partial charge in [-0.05, 0) is 12.5 Å². The Morgan fingerprint density at radius 1 is 1.12 bits per heavy atom. The van der Waals surface area contributed by atoms with Gasteiger partial charge in [-0.1, -0.05) is 0 Å². The summed E-state index contributed by atoms with van der Waals surface area (Å²) in [5.74, 6) is -4.62. The third-order valence-corrected chi connectivity index (χ3v) is 4.98. The van der Waals surface area contributed by atoms with Gasteiger partial charge in [-0.25, -0.2) is 0 Å². The summed E-state index contributed by atoms with van der Waals surface area (Å²) >= 11 is 0.732. The molecule has 32 heavy (non-hydrogen) atoms. The number of carbonyl (C=O) groups excluding carboxylic acids is 2. The summed E-state index contributed by atoms with van der Waals surface area (Å²) < 4.78 is 0. The molecule has 0 spiro atoms. The van der Waals surface area contributed by atoms with Crippen LogP contribution in [-0.4, -0.2) is 68.2 Å². The smallest absolute Gasteiger partial charge is 0.322 e. The number of nitrogens with zero attached hydrogens (tertiary/aromatic N) is 2. The first-order valence-electron chi connectivity index (χ1n) is 8.75. The van der Waals surface area contributed by atoms with Crippen molar-refractivity contribution in [3.8, 4) is 0 Å². The van der Waals surface area contributed by atoms with Crippen LogP contribution in [0.15, 0.2) is 23.1 Å². The number of carbonyl (C=O) groups is 4. The standard InChI is InChI=1S/C16H19N5O10S/c17-9(16(26)27)2-4-13(22)19-10(15(25)18-6-14(23)24)7-32-12-3-1-8(20(28)29)5-11(12)21(30)31/h1,3,5,9-10H,2,4,6-7,17H2,(H,18,25)(H,19,22)(H,23,24)(H,26,27)/t9-,10+/m1/s1. The van der Waals surface area contributed by atoms with Crippen LogP contribution in [0, 0.1) is 20.2 Å². The highest BCUT2D eigenvalue weighted by atomic mass is 32.2. The third kappa shape index (κ3) is 8.52. The molecule has 0 saturated carbocycles. The van der Waals surface area contributed by atoms with Crippen molar-refractivity contribution >= 4 is 46.9 Å². The summed E-state index contributed by atoms with van der Waals surface area (Å²) in [7, 11) is 0. The quantitative estimate of drug-likeness (QED) is 0.138. The van der Waals surface area contributed by atoms with E-state index in [4.69, 9.17) is 15.9 Å². The van der Waals surface area contributed by atoms with E-state index in [9.17, 15) is 39.4 Å². The SMILES string of the molecule is N[C@H](CCC(=O)N[C@@H](CSc1ccc([N+](=O)[O-])cc1[N+](=O)[O-])C(=O)NCC(=O)O)C(=O)O. The van der Waals surface area contributed by atoms with E-state index in [0.29, 0.717) is 0 Å². The van der Waals surface area contributed by atoms with E-state index in [1.165, 1.54) is 0 Å². The molecule has 0 bridgehead atoms. The molecule has 15 nitrogen and oxygen atoms in total. The molecule has 0 heterocycles. The van der Waals surface area contributed by atoms with Crippen molar-refractivity contribution in [3.63, 3.8) is 0 Å². The summed E-state index contributed by atoms with van der Waals surface area (Å²) in [6.45, 7) is -0.753. The summed E-state index contributed by atoms with van der Waals surface area (Å²) in [6, 6.07) is 0.231. The third-order valence-electron chi connectivity index (χ3n) is 3.82. The van der Waals surface area contributed by atoms with Crippen molar-refractivity contribution in [1.29, 1.82) is 0 Å². The first kappa shape index (κ1) is 26.2. The number of nitrogens with two attached hydrogens (primary N) is 1. The fraction of sp³-hybridized carbons (Fsp3) is 0.375. The van der Waals surface area contributed by atoms with Gasteiger partial charge in [0.25, 0.3) is 11.4 Å². The number of nitrogens with one attached hydrogen (secondary N) is 2. The number of nitro groups is 2. The monoisotopic (exact) mass is 473 g/mol. The number of benzene rings is 1. The zero-order chi connectivity index (χ0) is 24.4. The van der Waals surface area contributed by atoms with Gasteiger partial charge in [-0.2, -0.15) is 0 Å². The van der Waals surface area contributed by atoms with Crippen molar-refractivity contribution in [3.05, 3.63) is 38.4 Å².